The van der Waals surface area contributed by atoms with Gasteiger partial charge in [0.15, 0.2) is 0 Å². The van der Waals surface area contributed by atoms with Crippen LogP contribution in [0.3, 0.4) is 0 Å². The van der Waals surface area contributed by atoms with Crippen LogP contribution in [0.5, 0.6) is 0 Å². The molecule has 4 heterocycles. The Balaban J connectivity index is 1.03. The lowest BCUT2D eigenvalue weighted by molar-refractivity contribution is 0.669. The smallest absolute Gasteiger partial charge is 0.135 e. The van der Waals surface area contributed by atoms with E-state index < -0.39 is 0 Å². The van der Waals surface area contributed by atoms with Crippen LogP contribution < -0.4 is 4.90 Å². The van der Waals surface area contributed by atoms with E-state index in [-0.39, 0.29) is 12.0 Å². The standard InChI is InChI=1S/C50H33N3O/c1-3-13-34(14-4-1)51-43-20-10-7-17-37(43)40-29-32(23-26-46(40)51)33-24-27-47-41(30-33)42-31-36(25-28-48(42)54-47)53-45-22-12-9-19-39(45)49-38-18-8-11-21-44(38)52(50(49)53)35-15-5-2-6-16-35/h1-31,40,46H. The van der Waals surface area contributed by atoms with E-state index in [1.54, 1.807) is 0 Å². The van der Waals surface area contributed by atoms with Crippen LogP contribution in [0.4, 0.5) is 11.4 Å². The fourth-order valence-electron chi connectivity index (χ4n) is 9.31. The van der Waals surface area contributed by atoms with Gasteiger partial charge in [-0.15, -0.1) is 0 Å². The SMILES string of the molecule is C1=CC2C(C=C1c1ccc3oc4ccc(-n5c6ccccc6c6c7ccccc7n(-c7ccccc7)c65)cc4c3c1)c1ccccc1N2c1ccccc1. The number of fused-ring (bicyclic) bond motifs is 11. The highest BCUT2D eigenvalue weighted by atomic mass is 16.3. The number of rotatable bonds is 4. The first-order chi connectivity index (χ1) is 26.8. The van der Waals surface area contributed by atoms with Crippen molar-refractivity contribution < 1.29 is 4.42 Å². The van der Waals surface area contributed by atoms with Gasteiger partial charge in [0.1, 0.15) is 16.8 Å². The van der Waals surface area contributed by atoms with Crippen LogP contribution in [0.2, 0.25) is 0 Å². The summed E-state index contributed by atoms with van der Waals surface area (Å²) in [5, 5.41) is 5.98. The second-order valence-electron chi connectivity index (χ2n) is 14.5. The average molecular weight is 692 g/mol. The lowest BCUT2D eigenvalue weighted by Crippen LogP contribution is -2.28. The quantitative estimate of drug-likeness (QED) is 0.184. The van der Waals surface area contributed by atoms with E-state index >= 15 is 0 Å². The molecule has 2 unspecified atom stereocenters. The molecule has 0 amide bonds. The monoisotopic (exact) mass is 691 g/mol. The first-order valence-corrected chi connectivity index (χ1v) is 18.7. The molecule has 0 spiro atoms. The molecule has 254 valence electrons. The zero-order valence-electron chi connectivity index (χ0n) is 29.3. The molecule has 10 aromatic rings. The van der Waals surface area contributed by atoms with E-state index in [2.05, 4.69) is 202 Å². The van der Waals surface area contributed by atoms with Gasteiger partial charge < -0.3 is 9.32 Å². The number of para-hydroxylation sites is 5. The van der Waals surface area contributed by atoms with Crippen molar-refractivity contribution in [3.05, 3.63) is 199 Å². The summed E-state index contributed by atoms with van der Waals surface area (Å²) in [5.74, 6) is 0.255. The molecule has 0 N–H and O–H groups in total. The third kappa shape index (κ3) is 4.13. The summed E-state index contributed by atoms with van der Waals surface area (Å²) in [7, 11) is 0. The third-order valence-electron chi connectivity index (χ3n) is 11.6. The van der Waals surface area contributed by atoms with Crippen LogP contribution in [-0.4, -0.2) is 15.2 Å². The average Bonchev–Trinajstić information content (AvgIpc) is 3.97. The molecule has 0 saturated heterocycles. The molecule has 7 aromatic carbocycles. The zero-order valence-corrected chi connectivity index (χ0v) is 29.3. The van der Waals surface area contributed by atoms with Gasteiger partial charge >= 0.3 is 0 Å². The molecule has 1 aliphatic heterocycles. The normalized spacial score (nSPS) is 16.5. The second kappa shape index (κ2) is 11.2. The number of hydrogen-bond acceptors (Lipinski definition) is 2. The van der Waals surface area contributed by atoms with Crippen molar-refractivity contribution in [1.82, 2.24) is 9.13 Å². The summed E-state index contributed by atoms with van der Waals surface area (Å²) in [6.07, 6.45) is 7.16. The van der Waals surface area contributed by atoms with Gasteiger partial charge in [0.2, 0.25) is 0 Å². The Bertz CT molecular complexity index is 3180. The first-order valence-electron chi connectivity index (χ1n) is 18.7. The molecule has 3 aromatic heterocycles. The van der Waals surface area contributed by atoms with Crippen molar-refractivity contribution in [3.63, 3.8) is 0 Å². The highest BCUT2D eigenvalue weighted by Gasteiger charge is 2.38. The van der Waals surface area contributed by atoms with Crippen LogP contribution in [0, 0.1) is 0 Å². The number of aromatic nitrogens is 2. The minimum Gasteiger partial charge on any atom is -0.456 e. The largest absolute Gasteiger partial charge is 0.456 e. The van der Waals surface area contributed by atoms with Gasteiger partial charge in [-0.25, -0.2) is 0 Å². The topological polar surface area (TPSA) is 26.2 Å². The molecule has 12 rings (SSSR count). The van der Waals surface area contributed by atoms with Crippen molar-refractivity contribution in [2.24, 2.45) is 0 Å². The third-order valence-corrected chi connectivity index (χ3v) is 11.6. The van der Waals surface area contributed by atoms with Crippen molar-refractivity contribution in [3.8, 4) is 11.4 Å². The Hall–Kier alpha value is -7.04. The Labute approximate surface area is 311 Å². The fourth-order valence-corrected chi connectivity index (χ4v) is 9.31. The van der Waals surface area contributed by atoms with Crippen LogP contribution in [0.15, 0.2) is 193 Å². The molecule has 4 heteroatoms. The van der Waals surface area contributed by atoms with Crippen LogP contribution >= 0.6 is 0 Å². The molecular formula is C50H33N3O. The number of nitrogens with zero attached hydrogens (tertiary/aromatic N) is 3. The molecule has 2 aliphatic rings. The predicted molar refractivity (Wildman–Crippen MR) is 224 cm³/mol. The molecule has 0 fully saturated rings. The van der Waals surface area contributed by atoms with Crippen molar-refractivity contribution in [1.29, 1.82) is 0 Å². The van der Waals surface area contributed by atoms with Crippen molar-refractivity contribution in [2.75, 3.05) is 4.90 Å². The molecule has 0 radical (unpaired) electrons. The maximum absolute atomic E-state index is 6.50. The maximum atomic E-state index is 6.50. The highest BCUT2D eigenvalue weighted by molar-refractivity contribution is 6.22. The minimum absolute atomic E-state index is 0.231. The van der Waals surface area contributed by atoms with Gasteiger partial charge in [-0.1, -0.05) is 115 Å². The lowest BCUT2D eigenvalue weighted by Gasteiger charge is -2.29. The predicted octanol–water partition coefficient (Wildman–Crippen LogP) is 12.9. The van der Waals surface area contributed by atoms with E-state index in [0.717, 1.165) is 39.0 Å². The molecular weight excluding hydrogens is 659 g/mol. The summed E-state index contributed by atoms with van der Waals surface area (Å²) < 4.78 is 11.3. The molecule has 1 aliphatic carbocycles. The number of furan rings is 1. The lowest BCUT2D eigenvalue weighted by atomic mass is 9.86. The second-order valence-corrected chi connectivity index (χ2v) is 14.5. The number of benzene rings is 7. The van der Waals surface area contributed by atoms with Crippen LogP contribution in [0.1, 0.15) is 17.0 Å². The van der Waals surface area contributed by atoms with E-state index in [4.69, 9.17) is 4.42 Å². The summed E-state index contributed by atoms with van der Waals surface area (Å²) in [6.45, 7) is 0. The van der Waals surface area contributed by atoms with Crippen LogP contribution in [0.25, 0.3) is 71.7 Å². The number of hydrogen-bond donors (Lipinski definition) is 0. The number of allylic oxidation sites excluding steroid dienone is 2. The summed E-state index contributed by atoms with van der Waals surface area (Å²) >= 11 is 0. The summed E-state index contributed by atoms with van der Waals surface area (Å²) in [4.78, 5) is 2.48. The van der Waals surface area contributed by atoms with E-state index in [1.165, 1.54) is 55.3 Å². The van der Waals surface area contributed by atoms with E-state index in [0.29, 0.717) is 0 Å². The Morgan fingerprint density at radius 1 is 0.481 bits per heavy atom. The Morgan fingerprint density at radius 3 is 1.85 bits per heavy atom. The summed E-state index contributed by atoms with van der Waals surface area (Å²) in [5.41, 5.74) is 13.9. The van der Waals surface area contributed by atoms with Gasteiger partial charge in [0.05, 0.1) is 17.1 Å². The van der Waals surface area contributed by atoms with E-state index in [1.807, 2.05) is 0 Å². The van der Waals surface area contributed by atoms with Gasteiger partial charge in [-0.2, -0.15) is 0 Å². The molecule has 54 heavy (non-hydrogen) atoms. The Kier molecular flexibility index (Phi) is 6.14. The van der Waals surface area contributed by atoms with Gasteiger partial charge in [0, 0.05) is 55.6 Å². The molecule has 0 saturated carbocycles. The molecule has 2 atom stereocenters. The molecule has 4 nitrogen and oxygen atoms in total. The van der Waals surface area contributed by atoms with Crippen molar-refractivity contribution >= 4 is 71.7 Å². The van der Waals surface area contributed by atoms with Crippen LogP contribution in [-0.2, 0) is 0 Å². The number of anilines is 2. The first kappa shape index (κ1) is 29.5. The van der Waals surface area contributed by atoms with E-state index in [9.17, 15) is 0 Å². The van der Waals surface area contributed by atoms with Gasteiger partial charge in [-0.3, -0.25) is 9.13 Å². The van der Waals surface area contributed by atoms with Gasteiger partial charge in [-0.05, 0) is 89.5 Å². The van der Waals surface area contributed by atoms with Crippen molar-refractivity contribution in [2.45, 2.75) is 12.0 Å². The minimum atomic E-state index is 0.231. The Morgan fingerprint density at radius 2 is 1.09 bits per heavy atom. The maximum Gasteiger partial charge on any atom is 0.135 e. The summed E-state index contributed by atoms with van der Waals surface area (Å²) in [6, 6.07) is 61.4. The highest BCUT2D eigenvalue weighted by Crippen LogP contribution is 2.49. The van der Waals surface area contributed by atoms with Gasteiger partial charge in [0.25, 0.3) is 0 Å². The zero-order chi connectivity index (χ0) is 35.3. The fraction of sp³-hybridized carbons (Fsp3) is 0.0400. The molecule has 0 bridgehead atoms.